The first kappa shape index (κ1) is 29.9. The number of allylic oxidation sites excluding steroid dienone is 1. The van der Waals surface area contributed by atoms with E-state index in [1.54, 1.807) is 29.1 Å². The number of rotatable bonds is 9. The number of pyridine rings is 1. The maximum absolute atomic E-state index is 13.7. The number of alkyl halides is 3. The molecule has 2 N–H and O–H groups in total. The maximum atomic E-state index is 13.7. The molecule has 0 unspecified atom stereocenters. The zero-order valence-corrected chi connectivity index (χ0v) is 23.0. The fourth-order valence-electron chi connectivity index (χ4n) is 4.20. The Morgan fingerprint density at radius 2 is 1.87 bits per heavy atom. The number of piperidine rings is 1. The monoisotopic (exact) mass is 542 g/mol. The van der Waals surface area contributed by atoms with Crippen LogP contribution < -0.4 is 10.6 Å². The van der Waals surface area contributed by atoms with Crippen molar-refractivity contribution in [2.75, 3.05) is 26.7 Å². The Morgan fingerprint density at radius 3 is 2.44 bits per heavy atom. The van der Waals surface area contributed by atoms with Gasteiger partial charge in [0.25, 0.3) is 5.91 Å². The van der Waals surface area contributed by atoms with Gasteiger partial charge in [-0.25, -0.2) is 4.98 Å². The normalized spacial score (nSPS) is 15.4. The Labute approximate surface area is 228 Å². The average Bonchev–Trinajstić information content (AvgIpc) is 3.37. The number of nitrogens with zero attached hydrogens (tertiary/aromatic N) is 4. The Morgan fingerprint density at radius 1 is 1.21 bits per heavy atom. The number of hydrogen-bond acceptors (Lipinski definition) is 5. The van der Waals surface area contributed by atoms with Crippen LogP contribution in [0.4, 0.5) is 13.2 Å². The predicted octanol–water partition coefficient (Wildman–Crippen LogP) is 5.35. The molecule has 0 atom stereocenters. The van der Waals surface area contributed by atoms with Gasteiger partial charge in [-0.15, -0.1) is 0 Å². The van der Waals surface area contributed by atoms with E-state index in [4.69, 9.17) is 0 Å². The third kappa shape index (κ3) is 7.69. The summed E-state index contributed by atoms with van der Waals surface area (Å²) >= 11 is 0. The highest BCUT2D eigenvalue weighted by atomic mass is 19.4. The van der Waals surface area contributed by atoms with Crippen LogP contribution in [-0.2, 0) is 5.54 Å². The zero-order valence-electron chi connectivity index (χ0n) is 23.0. The Bertz CT molecular complexity index is 1260. The highest BCUT2D eigenvalue weighted by Crippen LogP contribution is 2.36. The maximum Gasteiger partial charge on any atom is 0.417 e. The van der Waals surface area contributed by atoms with E-state index in [-0.39, 0.29) is 41.0 Å². The van der Waals surface area contributed by atoms with Crippen LogP contribution in [0, 0.1) is 0 Å². The van der Waals surface area contributed by atoms with E-state index in [0.717, 1.165) is 25.9 Å². The first-order chi connectivity index (χ1) is 18.2. The van der Waals surface area contributed by atoms with Crippen molar-refractivity contribution in [3.63, 3.8) is 0 Å². The van der Waals surface area contributed by atoms with Gasteiger partial charge in [0, 0.05) is 35.6 Å². The van der Waals surface area contributed by atoms with Crippen molar-refractivity contribution >= 4 is 29.3 Å². The molecule has 39 heavy (non-hydrogen) atoms. The van der Waals surface area contributed by atoms with Gasteiger partial charge in [0.2, 0.25) is 0 Å². The lowest BCUT2D eigenvalue weighted by Crippen LogP contribution is -2.40. The zero-order chi connectivity index (χ0) is 29.0. The summed E-state index contributed by atoms with van der Waals surface area (Å²) in [5.41, 5.74) is 0.235. The van der Waals surface area contributed by atoms with E-state index in [2.05, 4.69) is 52.4 Å². The third-order valence-electron chi connectivity index (χ3n) is 6.53. The van der Waals surface area contributed by atoms with Crippen LogP contribution in [0.5, 0.6) is 0 Å². The molecule has 0 aromatic carbocycles. The van der Waals surface area contributed by atoms with Crippen molar-refractivity contribution in [1.29, 1.82) is 0 Å². The highest BCUT2D eigenvalue weighted by Gasteiger charge is 2.35. The minimum Gasteiger partial charge on any atom is -0.382 e. The van der Waals surface area contributed by atoms with Crippen molar-refractivity contribution in [2.45, 2.75) is 51.4 Å². The molecule has 1 aliphatic heterocycles. The summed E-state index contributed by atoms with van der Waals surface area (Å²) in [6.07, 6.45) is 4.81. The van der Waals surface area contributed by atoms with Crippen LogP contribution in [0.2, 0.25) is 0 Å². The summed E-state index contributed by atoms with van der Waals surface area (Å²) in [5.74, 6) is -0.312. The molecule has 1 amide bonds. The largest absolute Gasteiger partial charge is 0.417 e. The van der Waals surface area contributed by atoms with Crippen molar-refractivity contribution < 1.29 is 18.0 Å². The van der Waals surface area contributed by atoms with Crippen LogP contribution >= 0.6 is 0 Å². The van der Waals surface area contributed by atoms with Gasteiger partial charge >= 0.3 is 6.18 Å². The summed E-state index contributed by atoms with van der Waals surface area (Å²) in [4.78, 5) is 19.0. The van der Waals surface area contributed by atoms with Crippen LogP contribution in [0.1, 0.15) is 66.5 Å². The van der Waals surface area contributed by atoms with Crippen molar-refractivity contribution in [1.82, 2.24) is 30.3 Å². The van der Waals surface area contributed by atoms with Crippen molar-refractivity contribution in [3.05, 3.63) is 72.4 Å². The first-order valence-electron chi connectivity index (χ1n) is 12.8. The summed E-state index contributed by atoms with van der Waals surface area (Å²) in [6, 6.07) is 1.82. The van der Waals surface area contributed by atoms with E-state index < -0.39 is 11.7 Å². The number of hydrogen-bond donors (Lipinski definition) is 2. The lowest BCUT2D eigenvalue weighted by atomic mass is 9.97. The molecule has 0 aliphatic carbocycles. The third-order valence-corrected chi connectivity index (χ3v) is 6.53. The quantitative estimate of drug-likeness (QED) is 0.447. The van der Waals surface area contributed by atoms with Crippen LogP contribution in [0.3, 0.4) is 0 Å². The van der Waals surface area contributed by atoms with E-state index in [1.165, 1.54) is 12.3 Å². The number of halogens is 3. The van der Waals surface area contributed by atoms with Crippen LogP contribution in [0.25, 0.3) is 23.4 Å². The Kier molecular flexibility index (Phi) is 9.22. The van der Waals surface area contributed by atoms with E-state index >= 15 is 0 Å². The van der Waals surface area contributed by atoms with Crippen molar-refractivity contribution in [2.24, 2.45) is 0 Å². The molecule has 0 bridgehead atoms. The molecule has 1 aliphatic rings. The number of nitrogens with one attached hydrogen (secondary N) is 2. The highest BCUT2D eigenvalue weighted by molar-refractivity contribution is 5.93. The minimum atomic E-state index is -4.67. The Hall–Kier alpha value is -3.66. The van der Waals surface area contributed by atoms with Gasteiger partial charge in [-0.3, -0.25) is 9.48 Å². The molecular formula is C29H37F3N6O. The predicted molar refractivity (Wildman–Crippen MR) is 151 cm³/mol. The molecule has 10 heteroatoms. The molecule has 210 valence electrons. The Balaban J connectivity index is 1.82. The smallest absolute Gasteiger partial charge is 0.382 e. The molecule has 3 heterocycles. The number of carbonyl (C=O) groups excluding carboxylic acids is 1. The summed E-state index contributed by atoms with van der Waals surface area (Å²) < 4.78 is 42.7. The molecular weight excluding hydrogens is 505 g/mol. The molecule has 7 nitrogen and oxygen atoms in total. The van der Waals surface area contributed by atoms with E-state index in [0.29, 0.717) is 16.8 Å². The fraction of sp³-hybridized carbons (Fsp3) is 0.414. The second kappa shape index (κ2) is 12.0. The van der Waals surface area contributed by atoms with Gasteiger partial charge in [0.1, 0.15) is 0 Å². The van der Waals surface area contributed by atoms with Crippen LogP contribution in [-0.4, -0.2) is 64.5 Å². The second-order valence-corrected chi connectivity index (χ2v) is 10.7. The van der Waals surface area contributed by atoms with E-state index in [1.807, 2.05) is 20.8 Å². The number of amides is 1. The van der Waals surface area contributed by atoms with Gasteiger partial charge in [-0.2, -0.15) is 18.3 Å². The van der Waals surface area contributed by atoms with Gasteiger partial charge in [-0.05, 0) is 65.9 Å². The number of aromatic nitrogens is 3. The molecule has 0 spiro atoms. The van der Waals surface area contributed by atoms with Gasteiger partial charge in [0.15, 0.2) is 0 Å². The SMILES string of the molecule is C=Cc1c(C(=C)NC2CCN(C)CC2)cc(/C=C/CNC(=O)c2cnn(C(C)(C)C)c2)nc1C(=C)C(F)(F)F. The fourth-order valence-corrected chi connectivity index (χ4v) is 4.20. The lowest BCUT2D eigenvalue weighted by Gasteiger charge is -2.31. The molecule has 2 aromatic rings. The minimum absolute atomic E-state index is 0.143. The van der Waals surface area contributed by atoms with Crippen LogP contribution in [0.15, 0.2) is 44.3 Å². The molecule has 1 fully saturated rings. The van der Waals surface area contributed by atoms with Crippen molar-refractivity contribution in [3.8, 4) is 0 Å². The standard InChI is InChI=1S/C29H37F3N6O/c1-8-24-25(20(3)35-22-11-14-37(7)15-12-22)16-23(36-26(24)19(2)29(30,31)32)10-9-13-33-27(39)21-17-34-38(18-21)28(4,5)6/h8-10,16-18,22,35H,1-3,11-15H2,4-7H3,(H,33,39)/b10-9+. The van der Waals surface area contributed by atoms with Gasteiger partial charge < -0.3 is 15.5 Å². The molecule has 1 saturated heterocycles. The number of likely N-dealkylation sites (tertiary alicyclic amines) is 1. The first-order valence-corrected chi connectivity index (χ1v) is 12.8. The molecule has 0 radical (unpaired) electrons. The molecule has 0 saturated carbocycles. The number of carbonyl (C=O) groups is 1. The summed E-state index contributed by atoms with van der Waals surface area (Å²) in [7, 11) is 2.05. The summed E-state index contributed by atoms with van der Waals surface area (Å²) in [6.45, 7) is 19.0. The van der Waals surface area contributed by atoms with E-state index in [9.17, 15) is 18.0 Å². The van der Waals surface area contributed by atoms with Gasteiger partial charge in [0.05, 0.1) is 34.3 Å². The molecule has 3 rings (SSSR count). The van der Waals surface area contributed by atoms with Gasteiger partial charge in [-0.1, -0.05) is 31.9 Å². The summed E-state index contributed by atoms with van der Waals surface area (Å²) in [5, 5.41) is 10.4. The molecule has 2 aromatic heterocycles. The average molecular weight is 543 g/mol. The second-order valence-electron chi connectivity index (χ2n) is 10.7. The lowest BCUT2D eigenvalue weighted by molar-refractivity contribution is -0.0689. The topological polar surface area (TPSA) is 75.1 Å².